The highest BCUT2D eigenvalue weighted by Crippen LogP contribution is 2.34. The van der Waals surface area contributed by atoms with Crippen molar-refractivity contribution in [3.8, 4) is 17.2 Å². The van der Waals surface area contributed by atoms with E-state index in [2.05, 4.69) is 10.3 Å². The topological polar surface area (TPSA) is 121 Å². The molecule has 11 heteroatoms. The number of amides is 2. The van der Waals surface area contributed by atoms with Gasteiger partial charge in [0.1, 0.15) is 28.5 Å². The van der Waals surface area contributed by atoms with E-state index in [1.54, 1.807) is 38.3 Å². The number of rotatable bonds is 9. The van der Waals surface area contributed by atoms with Gasteiger partial charge in [0, 0.05) is 17.7 Å². The van der Waals surface area contributed by atoms with Crippen molar-refractivity contribution in [3.63, 3.8) is 0 Å². The van der Waals surface area contributed by atoms with Crippen LogP contribution in [0.1, 0.15) is 39.0 Å². The van der Waals surface area contributed by atoms with Gasteiger partial charge in [-0.05, 0) is 31.2 Å². The number of imidazole rings is 1. The van der Waals surface area contributed by atoms with Crippen LogP contribution < -0.4 is 19.5 Å². The standard InChI is InChI=1S/C27H30N4O7/c1-27(26(34)28-13-17-8-6-7-9-20(17)36-3)15-30-16-29-22(25(33)38-5)23(30)24(32)31(27)14-18-12-19(35-2)10-11-21(18)37-4/h6-12,16H,13-15H2,1-5H3,(H,28,34)/t27-/m1/s1. The van der Waals surface area contributed by atoms with Crippen molar-refractivity contribution in [2.75, 3.05) is 28.4 Å². The van der Waals surface area contributed by atoms with Crippen molar-refractivity contribution < 1.29 is 33.3 Å². The molecule has 0 spiro atoms. The Kier molecular flexibility index (Phi) is 7.56. The normalized spacial score (nSPS) is 16.4. The van der Waals surface area contributed by atoms with Crippen LogP contribution in [0.4, 0.5) is 0 Å². The predicted molar refractivity (Wildman–Crippen MR) is 136 cm³/mol. The van der Waals surface area contributed by atoms with Crippen molar-refractivity contribution in [2.24, 2.45) is 0 Å². The number of hydrogen-bond donors (Lipinski definition) is 1. The quantitative estimate of drug-likeness (QED) is 0.426. The van der Waals surface area contributed by atoms with Crippen molar-refractivity contribution in [2.45, 2.75) is 32.1 Å². The lowest BCUT2D eigenvalue weighted by Crippen LogP contribution is -2.63. The van der Waals surface area contributed by atoms with E-state index in [-0.39, 0.29) is 31.0 Å². The fraction of sp³-hybridized carbons (Fsp3) is 0.333. The number of benzene rings is 2. The number of aromatic nitrogens is 2. The Morgan fingerprint density at radius 3 is 2.39 bits per heavy atom. The summed E-state index contributed by atoms with van der Waals surface area (Å²) in [5.74, 6) is 0.0348. The number of nitrogens with one attached hydrogen (secondary N) is 1. The minimum atomic E-state index is -1.35. The van der Waals surface area contributed by atoms with Crippen molar-refractivity contribution in [3.05, 3.63) is 71.3 Å². The molecule has 0 aliphatic carbocycles. The zero-order valence-electron chi connectivity index (χ0n) is 21.9. The highest BCUT2D eigenvalue weighted by Gasteiger charge is 2.49. The molecule has 1 aliphatic rings. The van der Waals surface area contributed by atoms with Gasteiger partial charge in [0.05, 0.1) is 47.9 Å². The molecule has 1 N–H and O–H groups in total. The summed E-state index contributed by atoms with van der Waals surface area (Å²) in [4.78, 5) is 45.6. The second-order valence-corrected chi connectivity index (χ2v) is 8.90. The van der Waals surface area contributed by atoms with Gasteiger partial charge in [-0.25, -0.2) is 9.78 Å². The third-order valence-electron chi connectivity index (χ3n) is 6.68. The molecule has 0 saturated heterocycles. The third kappa shape index (κ3) is 4.74. The number of esters is 1. The molecule has 2 heterocycles. The van der Waals surface area contributed by atoms with Crippen molar-refractivity contribution in [1.29, 1.82) is 0 Å². The van der Waals surface area contributed by atoms with E-state index in [0.717, 1.165) is 5.56 Å². The highest BCUT2D eigenvalue weighted by molar-refractivity contribution is 6.06. The van der Waals surface area contributed by atoms with Gasteiger partial charge in [-0.2, -0.15) is 0 Å². The predicted octanol–water partition coefficient (Wildman–Crippen LogP) is 2.43. The summed E-state index contributed by atoms with van der Waals surface area (Å²) in [6.07, 6.45) is 1.37. The van der Waals surface area contributed by atoms with Crippen LogP contribution in [0.2, 0.25) is 0 Å². The summed E-state index contributed by atoms with van der Waals surface area (Å²) in [6.45, 7) is 1.93. The van der Waals surface area contributed by atoms with Gasteiger partial charge in [0.25, 0.3) is 5.91 Å². The first-order chi connectivity index (χ1) is 18.3. The molecular formula is C27H30N4O7. The minimum absolute atomic E-state index is 0.00355. The van der Waals surface area contributed by atoms with E-state index >= 15 is 0 Å². The molecule has 1 aliphatic heterocycles. The van der Waals surface area contributed by atoms with E-state index in [9.17, 15) is 14.4 Å². The largest absolute Gasteiger partial charge is 0.497 e. The van der Waals surface area contributed by atoms with E-state index in [1.165, 1.54) is 37.1 Å². The molecule has 0 unspecified atom stereocenters. The first kappa shape index (κ1) is 26.5. The number of para-hydroxylation sites is 1. The van der Waals surface area contributed by atoms with Crippen LogP contribution in [-0.4, -0.2) is 66.2 Å². The van der Waals surface area contributed by atoms with E-state index in [0.29, 0.717) is 22.8 Å². The lowest BCUT2D eigenvalue weighted by atomic mass is 9.93. The van der Waals surface area contributed by atoms with Crippen LogP contribution >= 0.6 is 0 Å². The second kappa shape index (κ2) is 10.8. The number of methoxy groups -OCH3 is 4. The Balaban J connectivity index is 1.75. The Hall–Kier alpha value is -4.54. The molecular weight excluding hydrogens is 492 g/mol. The van der Waals surface area contributed by atoms with Gasteiger partial charge in [-0.15, -0.1) is 0 Å². The monoisotopic (exact) mass is 522 g/mol. The summed E-state index contributed by atoms with van der Waals surface area (Å²) in [7, 11) is 5.83. The zero-order chi connectivity index (χ0) is 27.4. The molecule has 0 bridgehead atoms. The number of carbonyl (C=O) groups excluding carboxylic acids is 3. The van der Waals surface area contributed by atoms with Crippen LogP contribution in [-0.2, 0) is 29.2 Å². The van der Waals surface area contributed by atoms with E-state index < -0.39 is 23.3 Å². The van der Waals surface area contributed by atoms with Gasteiger partial charge >= 0.3 is 5.97 Å². The maximum absolute atomic E-state index is 14.0. The molecule has 3 aromatic rings. The third-order valence-corrected chi connectivity index (χ3v) is 6.68. The molecule has 1 aromatic heterocycles. The number of ether oxygens (including phenoxy) is 4. The van der Waals surface area contributed by atoms with Gasteiger partial charge < -0.3 is 33.7 Å². The average Bonchev–Trinajstić information content (AvgIpc) is 3.37. The van der Waals surface area contributed by atoms with Crippen LogP contribution in [0.15, 0.2) is 48.8 Å². The van der Waals surface area contributed by atoms with Crippen LogP contribution in [0.25, 0.3) is 0 Å². The fourth-order valence-electron chi connectivity index (χ4n) is 4.57. The molecule has 4 rings (SSSR count). The summed E-state index contributed by atoms with van der Waals surface area (Å²) >= 11 is 0. The molecule has 2 amide bonds. The maximum atomic E-state index is 14.0. The van der Waals surface area contributed by atoms with Gasteiger partial charge in [0.2, 0.25) is 5.91 Å². The first-order valence-corrected chi connectivity index (χ1v) is 11.8. The Labute approximate surface area is 220 Å². The number of hydrogen-bond acceptors (Lipinski definition) is 8. The van der Waals surface area contributed by atoms with Crippen LogP contribution in [0.5, 0.6) is 17.2 Å². The summed E-state index contributed by atoms with van der Waals surface area (Å²) in [5, 5.41) is 2.95. The molecule has 0 fully saturated rings. The number of fused-ring (bicyclic) bond motifs is 1. The molecule has 2 aromatic carbocycles. The summed E-state index contributed by atoms with van der Waals surface area (Å²) in [6, 6.07) is 12.6. The molecule has 1 atom stereocenters. The summed E-state index contributed by atoms with van der Waals surface area (Å²) < 4.78 is 22.6. The Bertz CT molecular complexity index is 1370. The summed E-state index contributed by atoms with van der Waals surface area (Å²) in [5.41, 5.74) is -0.0119. The van der Waals surface area contributed by atoms with Gasteiger partial charge in [0.15, 0.2) is 5.69 Å². The first-order valence-electron chi connectivity index (χ1n) is 11.8. The van der Waals surface area contributed by atoms with Crippen molar-refractivity contribution in [1.82, 2.24) is 19.8 Å². The zero-order valence-corrected chi connectivity index (χ0v) is 21.9. The van der Waals surface area contributed by atoms with E-state index in [1.807, 2.05) is 18.2 Å². The minimum Gasteiger partial charge on any atom is -0.497 e. The fourth-order valence-corrected chi connectivity index (χ4v) is 4.57. The van der Waals surface area contributed by atoms with Crippen LogP contribution in [0.3, 0.4) is 0 Å². The molecule has 200 valence electrons. The molecule has 0 saturated carbocycles. The lowest BCUT2D eigenvalue weighted by Gasteiger charge is -2.44. The molecule has 0 radical (unpaired) electrons. The van der Waals surface area contributed by atoms with E-state index in [4.69, 9.17) is 18.9 Å². The van der Waals surface area contributed by atoms with Crippen molar-refractivity contribution >= 4 is 17.8 Å². The molecule has 38 heavy (non-hydrogen) atoms. The number of carbonyl (C=O) groups is 3. The molecule has 11 nitrogen and oxygen atoms in total. The van der Waals surface area contributed by atoms with Crippen LogP contribution in [0, 0.1) is 0 Å². The lowest BCUT2D eigenvalue weighted by molar-refractivity contribution is -0.133. The maximum Gasteiger partial charge on any atom is 0.359 e. The number of nitrogens with zero attached hydrogens (tertiary/aromatic N) is 3. The Morgan fingerprint density at radius 1 is 1.00 bits per heavy atom. The smallest absolute Gasteiger partial charge is 0.359 e. The average molecular weight is 523 g/mol. The second-order valence-electron chi connectivity index (χ2n) is 8.90. The van der Waals surface area contributed by atoms with Gasteiger partial charge in [-0.3, -0.25) is 9.59 Å². The SMILES string of the molecule is COC(=O)c1ncn2c1C(=O)N(Cc1cc(OC)ccc1OC)[C@@](C)(C(=O)NCc1ccccc1OC)C2. The van der Waals surface area contributed by atoms with Gasteiger partial charge in [-0.1, -0.05) is 18.2 Å². The Morgan fingerprint density at radius 2 is 1.71 bits per heavy atom. The highest BCUT2D eigenvalue weighted by atomic mass is 16.5.